The van der Waals surface area contributed by atoms with Crippen LogP contribution in [0, 0.1) is 0 Å². The first-order valence-electron chi connectivity index (χ1n) is 10.8. The Hall–Kier alpha value is -3.58. The molecule has 0 radical (unpaired) electrons. The number of carbonyl (C=O) groups excluding carboxylic acids is 2. The largest absolute Gasteiger partial charge is 0.507 e. The first-order valence-corrected chi connectivity index (χ1v) is 11.2. The number of benzene rings is 2. The Morgan fingerprint density at radius 1 is 1.21 bits per heavy atom. The molecular formula is C25H25ClN3O4+. The summed E-state index contributed by atoms with van der Waals surface area (Å²) in [5, 5.41) is 11.5. The summed E-state index contributed by atoms with van der Waals surface area (Å²) in [6, 6.07) is 13.4. The zero-order valence-corrected chi connectivity index (χ0v) is 19.0. The van der Waals surface area contributed by atoms with Crippen LogP contribution in [0.25, 0.3) is 5.76 Å². The van der Waals surface area contributed by atoms with Crippen LogP contribution in [0.15, 0.2) is 72.8 Å². The summed E-state index contributed by atoms with van der Waals surface area (Å²) in [6.45, 7) is 3.34. The highest BCUT2D eigenvalue weighted by atomic mass is 35.5. The van der Waals surface area contributed by atoms with E-state index < -0.39 is 17.7 Å². The molecule has 1 aromatic heterocycles. The molecule has 8 heteroatoms. The van der Waals surface area contributed by atoms with Crippen LogP contribution in [0.4, 0.5) is 0 Å². The lowest BCUT2D eigenvalue weighted by Gasteiger charge is -2.25. The van der Waals surface area contributed by atoms with E-state index in [4.69, 9.17) is 16.3 Å². The lowest BCUT2D eigenvalue weighted by molar-refractivity contribution is -0.695. The summed E-state index contributed by atoms with van der Waals surface area (Å²) in [5.74, 6) is -1.10. The lowest BCUT2D eigenvalue weighted by atomic mass is 9.95. The number of aromatic nitrogens is 2. The van der Waals surface area contributed by atoms with Crippen molar-refractivity contribution in [1.82, 2.24) is 9.88 Å². The minimum absolute atomic E-state index is 0.0562. The summed E-state index contributed by atoms with van der Waals surface area (Å²) in [7, 11) is 0. The molecule has 2 aromatic carbocycles. The van der Waals surface area contributed by atoms with Gasteiger partial charge < -0.3 is 14.7 Å². The second-order valence-electron chi connectivity index (χ2n) is 7.68. The van der Waals surface area contributed by atoms with Crippen LogP contribution in [-0.2, 0) is 16.1 Å². The standard InChI is InChI=1S/C25H24ClN3O4/c1-2-33-20-10-9-18(15-19(20)26)23(30)21-22(17-7-4-3-5-8-17)29(25(32)24(21)31)13-6-12-28-14-11-27-16-28/h3-5,7-11,14-16,22H,2,6,12-13H2,1H3,(H,30,31)/p+1. The number of H-pyrrole nitrogens is 1. The Kier molecular flexibility index (Phi) is 6.79. The van der Waals surface area contributed by atoms with Crippen molar-refractivity contribution in [1.29, 1.82) is 0 Å². The van der Waals surface area contributed by atoms with E-state index in [1.165, 1.54) is 4.90 Å². The second kappa shape index (κ2) is 9.92. The summed E-state index contributed by atoms with van der Waals surface area (Å²) in [5.41, 5.74) is 1.16. The molecule has 0 bridgehead atoms. The van der Waals surface area contributed by atoms with Gasteiger partial charge in [0.25, 0.3) is 11.7 Å². The fourth-order valence-electron chi connectivity index (χ4n) is 4.05. The number of ether oxygens (including phenoxy) is 1. The molecule has 1 amide bonds. The normalized spacial score (nSPS) is 17.5. The third-order valence-electron chi connectivity index (χ3n) is 5.58. The van der Waals surface area contributed by atoms with Crippen LogP contribution in [0.3, 0.4) is 0 Å². The number of halogens is 1. The highest BCUT2D eigenvalue weighted by Crippen LogP contribution is 2.40. The van der Waals surface area contributed by atoms with Gasteiger partial charge in [-0.25, -0.2) is 4.57 Å². The predicted octanol–water partition coefficient (Wildman–Crippen LogP) is 3.87. The molecule has 0 aliphatic carbocycles. The van der Waals surface area contributed by atoms with E-state index >= 15 is 0 Å². The summed E-state index contributed by atoms with van der Waals surface area (Å²) in [6.07, 6.45) is 6.20. The molecule has 1 atom stereocenters. The summed E-state index contributed by atoms with van der Waals surface area (Å²) >= 11 is 6.30. The minimum Gasteiger partial charge on any atom is -0.507 e. The molecule has 1 saturated heterocycles. The molecular weight excluding hydrogens is 442 g/mol. The Bertz CT molecular complexity index is 1180. The van der Waals surface area contributed by atoms with Crippen molar-refractivity contribution in [3.63, 3.8) is 0 Å². The number of aryl methyl sites for hydroxylation is 1. The van der Waals surface area contributed by atoms with E-state index in [9.17, 15) is 14.7 Å². The van der Waals surface area contributed by atoms with Crippen LogP contribution in [0.1, 0.15) is 30.5 Å². The average molecular weight is 467 g/mol. The van der Waals surface area contributed by atoms with Gasteiger partial charge in [0, 0.05) is 18.5 Å². The molecule has 3 aromatic rings. The van der Waals surface area contributed by atoms with Gasteiger partial charge in [0.2, 0.25) is 6.33 Å². The molecule has 1 aliphatic heterocycles. The van der Waals surface area contributed by atoms with Crippen molar-refractivity contribution < 1.29 is 24.0 Å². The maximum Gasteiger partial charge on any atom is 0.295 e. The summed E-state index contributed by atoms with van der Waals surface area (Å²) < 4.78 is 7.42. The zero-order valence-electron chi connectivity index (χ0n) is 18.2. The van der Waals surface area contributed by atoms with Gasteiger partial charge in [0.05, 0.1) is 29.8 Å². The lowest BCUT2D eigenvalue weighted by Crippen LogP contribution is -2.36. The number of hydrogen-bond donors (Lipinski definition) is 2. The van der Waals surface area contributed by atoms with Gasteiger partial charge in [-0.1, -0.05) is 41.9 Å². The van der Waals surface area contributed by atoms with Crippen LogP contribution in [-0.4, -0.2) is 39.8 Å². The number of aliphatic hydroxyl groups is 1. The topological polar surface area (TPSA) is 86.5 Å². The molecule has 1 aliphatic rings. The van der Waals surface area contributed by atoms with Gasteiger partial charge in [0.15, 0.2) is 0 Å². The number of Topliss-reactive ketones (excluding diaryl/α,β-unsaturated/α-hetero) is 1. The molecule has 2 heterocycles. The smallest absolute Gasteiger partial charge is 0.295 e. The van der Waals surface area contributed by atoms with Crippen molar-refractivity contribution in [2.75, 3.05) is 13.2 Å². The third kappa shape index (κ3) is 4.64. The average Bonchev–Trinajstić information content (AvgIpc) is 3.43. The van der Waals surface area contributed by atoms with Crippen molar-refractivity contribution in [3.05, 3.63) is 89.0 Å². The number of aromatic amines is 1. The molecule has 1 unspecified atom stereocenters. The van der Waals surface area contributed by atoms with E-state index in [1.54, 1.807) is 18.2 Å². The first-order chi connectivity index (χ1) is 16.0. The van der Waals surface area contributed by atoms with Crippen molar-refractivity contribution in [2.24, 2.45) is 0 Å². The van der Waals surface area contributed by atoms with E-state index in [0.29, 0.717) is 42.5 Å². The number of carbonyl (C=O) groups is 2. The van der Waals surface area contributed by atoms with Crippen molar-refractivity contribution in [2.45, 2.75) is 25.9 Å². The molecule has 7 nitrogen and oxygen atoms in total. The van der Waals surface area contributed by atoms with Crippen LogP contribution < -0.4 is 9.30 Å². The number of amides is 1. The fourth-order valence-corrected chi connectivity index (χ4v) is 4.29. The van der Waals surface area contributed by atoms with Crippen LogP contribution >= 0.6 is 11.6 Å². The number of nitrogens with zero attached hydrogens (tertiary/aromatic N) is 2. The van der Waals surface area contributed by atoms with Crippen molar-refractivity contribution in [3.8, 4) is 5.75 Å². The quantitative estimate of drug-likeness (QED) is 0.228. The highest BCUT2D eigenvalue weighted by molar-refractivity contribution is 6.46. The number of imidazole rings is 1. The SMILES string of the molecule is CCOc1ccc(/C(O)=C2\C(=O)C(=O)N(CCC[n+]3cc[nH]c3)C2c2ccccc2)cc1Cl. The van der Waals surface area contributed by atoms with E-state index in [-0.39, 0.29) is 11.3 Å². The van der Waals surface area contributed by atoms with Gasteiger partial charge >= 0.3 is 0 Å². The van der Waals surface area contributed by atoms with E-state index in [1.807, 2.05) is 60.5 Å². The van der Waals surface area contributed by atoms with Gasteiger partial charge in [-0.3, -0.25) is 14.6 Å². The fraction of sp³-hybridized carbons (Fsp3) is 0.240. The van der Waals surface area contributed by atoms with Crippen LogP contribution in [0.2, 0.25) is 5.02 Å². The number of nitrogens with one attached hydrogen (secondary N) is 1. The molecule has 2 N–H and O–H groups in total. The molecule has 4 rings (SSSR count). The molecule has 0 spiro atoms. The van der Waals surface area contributed by atoms with Gasteiger partial charge in [-0.05, 0) is 30.7 Å². The first kappa shape index (κ1) is 22.6. The Morgan fingerprint density at radius 2 is 2.00 bits per heavy atom. The zero-order chi connectivity index (χ0) is 23.4. The van der Waals surface area contributed by atoms with E-state index in [2.05, 4.69) is 4.98 Å². The number of rotatable bonds is 8. The number of ketones is 1. The van der Waals surface area contributed by atoms with Gasteiger partial charge in [-0.2, -0.15) is 0 Å². The number of likely N-dealkylation sites (tertiary alicyclic amines) is 1. The molecule has 0 saturated carbocycles. The Balaban J connectivity index is 1.71. The second-order valence-corrected chi connectivity index (χ2v) is 8.09. The van der Waals surface area contributed by atoms with Gasteiger partial charge in [0.1, 0.15) is 23.9 Å². The van der Waals surface area contributed by atoms with Crippen LogP contribution in [0.5, 0.6) is 5.75 Å². The molecule has 33 heavy (non-hydrogen) atoms. The number of aliphatic hydroxyl groups excluding tert-OH is 1. The predicted molar refractivity (Wildman–Crippen MR) is 124 cm³/mol. The maximum absolute atomic E-state index is 13.1. The monoisotopic (exact) mass is 466 g/mol. The third-order valence-corrected chi connectivity index (χ3v) is 5.87. The minimum atomic E-state index is -0.708. The van der Waals surface area contributed by atoms with Crippen molar-refractivity contribution >= 4 is 29.1 Å². The van der Waals surface area contributed by atoms with E-state index in [0.717, 1.165) is 5.56 Å². The number of hydrogen-bond acceptors (Lipinski definition) is 4. The van der Waals surface area contributed by atoms with Gasteiger partial charge in [-0.15, -0.1) is 0 Å². The Labute approximate surface area is 196 Å². The highest BCUT2D eigenvalue weighted by Gasteiger charge is 2.45. The maximum atomic E-state index is 13.1. The summed E-state index contributed by atoms with van der Waals surface area (Å²) in [4.78, 5) is 30.6. The molecule has 1 fully saturated rings. The Morgan fingerprint density at radius 3 is 2.67 bits per heavy atom. The molecule has 170 valence electrons.